The van der Waals surface area contributed by atoms with Crippen LogP contribution in [0.15, 0.2) is 12.1 Å². The van der Waals surface area contributed by atoms with E-state index in [1.54, 1.807) is 6.07 Å². The molecule has 0 aliphatic carbocycles. The van der Waals surface area contributed by atoms with Gasteiger partial charge in [-0.15, -0.1) is 0 Å². The maximum atomic E-state index is 14.0. The first kappa shape index (κ1) is 14.6. The minimum Gasteiger partial charge on any atom is -0.486 e. The van der Waals surface area contributed by atoms with Crippen molar-refractivity contribution in [3.63, 3.8) is 0 Å². The molecule has 0 amide bonds. The van der Waals surface area contributed by atoms with Crippen molar-refractivity contribution in [2.24, 2.45) is 0 Å². The summed E-state index contributed by atoms with van der Waals surface area (Å²) in [4.78, 5) is 2.45. The van der Waals surface area contributed by atoms with Crippen LogP contribution in [-0.4, -0.2) is 50.8 Å². The number of nitrogens with one attached hydrogen (secondary N) is 1. The van der Waals surface area contributed by atoms with Gasteiger partial charge in [0.1, 0.15) is 19.0 Å². The lowest BCUT2D eigenvalue weighted by molar-refractivity contribution is 0.170. The van der Waals surface area contributed by atoms with Gasteiger partial charge in [-0.05, 0) is 50.5 Å². The topological polar surface area (TPSA) is 33.7 Å². The highest BCUT2D eigenvalue weighted by Crippen LogP contribution is 2.33. The number of hydrogen-bond donors (Lipinski definition) is 1. The number of halogens is 1. The van der Waals surface area contributed by atoms with Crippen LogP contribution < -0.4 is 14.8 Å². The third-order valence-corrected chi connectivity index (χ3v) is 4.06. The van der Waals surface area contributed by atoms with E-state index in [9.17, 15) is 4.39 Å². The van der Waals surface area contributed by atoms with Crippen LogP contribution in [0.1, 0.15) is 18.4 Å². The van der Waals surface area contributed by atoms with Crippen molar-refractivity contribution in [3.8, 4) is 11.5 Å². The first-order chi connectivity index (χ1) is 10.3. The summed E-state index contributed by atoms with van der Waals surface area (Å²) in [6.07, 6.45) is 2.90. The Morgan fingerprint density at radius 3 is 2.76 bits per heavy atom. The molecule has 2 heterocycles. The SMILES string of the molecule is Fc1cc2c(cc1CCCN1CCCNCC1)OCCO2. The zero-order valence-corrected chi connectivity index (χ0v) is 12.4. The van der Waals surface area contributed by atoms with Crippen LogP contribution in [0.5, 0.6) is 11.5 Å². The molecule has 0 bridgehead atoms. The van der Waals surface area contributed by atoms with Gasteiger partial charge in [-0.3, -0.25) is 0 Å². The molecule has 0 aromatic heterocycles. The smallest absolute Gasteiger partial charge is 0.164 e. The van der Waals surface area contributed by atoms with Crippen molar-refractivity contribution in [2.45, 2.75) is 19.3 Å². The molecule has 21 heavy (non-hydrogen) atoms. The van der Waals surface area contributed by atoms with Gasteiger partial charge in [-0.2, -0.15) is 0 Å². The van der Waals surface area contributed by atoms with Crippen LogP contribution in [0.25, 0.3) is 0 Å². The second-order valence-electron chi connectivity index (χ2n) is 5.64. The van der Waals surface area contributed by atoms with Gasteiger partial charge in [0.2, 0.25) is 0 Å². The van der Waals surface area contributed by atoms with Crippen LogP contribution in [0.2, 0.25) is 0 Å². The minimum absolute atomic E-state index is 0.184. The lowest BCUT2D eigenvalue weighted by atomic mass is 10.1. The number of fused-ring (bicyclic) bond motifs is 1. The second kappa shape index (κ2) is 7.09. The fourth-order valence-corrected chi connectivity index (χ4v) is 2.92. The molecule has 0 unspecified atom stereocenters. The predicted molar refractivity (Wildman–Crippen MR) is 79.6 cm³/mol. The normalized spacial score (nSPS) is 19.3. The van der Waals surface area contributed by atoms with E-state index in [-0.39, 0.29) is 5.82 Å². The molecule has 3 rings (SSSR count). The Labute approximate surface area is 125 Å². The van der Waals surface area contributed by atoms with E-state index >= 15 is 0 Å². The molecule has 0 radical (unpaired) electrons. The van der Waals surface area contributed by atoms with Gasteiger partial charge in [0.25, 0.3) is 0 Å². The molecule has 4 nitrogen and oxygen atoms in total. The van der Waals surface area contributed by atoms with Gasteiger partial charge in [-0.1, -0.05) is 0 Å². The summed E-state index contributed by atoms with van der Waals surface area (Å²) in [6.45, 7) is 6.44. The Morgan fingerprint density at radius 2 is 1.90 bits per heavy atom. The largest absolute Gasteiger partial charge is 0.486 e. The Bertz CT molecular complexity index is 474. The molecule has 1 N–H and O–H groups in total. The molecule has 1 aromatic rings. The summed E-state index contributed by atoms with van der Waals surface area (Å²) >= 11 is 0. The van der Waals surface area contributed by atoms with Crippen LogP contribution in [0.4, 0.5) is 4.39 Å². The summed E-state index contributed by atoms with van der Waals surface area (Å²) in [5.74, 6) is 1.02. The van der Waals surface area contributed by atoms with Crippen LogP contribution in [-0.2, 0) is 6.42 Å². The van der Waals surface area contributed by atoms with Crippen molar-refractivity contribution >= 4 is 0 Å². The lowest BCUT2D eigenvalue weighted by Gasteiger charge is -2.21. The average Bonchev–Trinajstić information content (AvgIpc) is 2.76. The lowest BCUT2D eigenvalue weighted by Crippen LogP contribution is -2.29. The fraction of sp³-hybridized carbons (Fsp3) is 0.625. The highest BCUT2D eigenvalue weighted by molar-refractivity contribution is 5.44. The van der Waals surface area contributed by atoms with Crippen molar-refractivity contribution in [1.29, 1.82) is 0 Å². The molecular formula is C16H23FN2O2. The molecular weight excluding hydrogens is 271 g/mol. The Hall–Kier alpha value is -1.33. The van der Waals surface area contributed by atoms with E-state index < -0.39 is 0 Å². The molecule has 5 heteroatoms. The van der Waals surface area contributed by atoms with E-state index in [2.05, 4.69) is 10.2 Å². The monoisotopic (exact) mass is 294 g/mol. The number of aryl methyl sites for hydroxylation is 1. The highest BCUT2D eigenvalue weighted by Gasteiger charge is 2.16. The average molecular weight is 294 g/mol. The van der Waals surface area contributed by atoms with Crippen molar-refractivity contribution in [3.05, 3.63) is 23.5 Å². The van der Waals surface area contributed by atoms with Gasteiger partial charge >= 0.3 is 0 Å². The second-order valence-corrected chi connectivity index (χ2v) is 5.64. The van der Waals surface area contributed by atoms with E-state index in [4.69, 9.17) is 9.47 Å². The third kappa shape index (κ3) is 3.86. The van der Waals surface area contributed by atoms with Crippen LogP contribution >= 0.6 is 0 Å². The standard InChI is InChI=1S/C16H23FN2O2/c17-14-12-16-15(20-9-10-21-16)11-13(14)3-1-6-19-7-2-4-18-5-8-19/h11-12,18H,1-10H2. The highest BCUT2D eigenvalue weighted by atomic mass is 19.1. The van der Waals surface area contributed by atoms with Gasteiger partial charge in [0.15, 0.2) is 11.5 Å². The number of ether oxygens (including phenoxy) is 2. The van der Waals surface area contributed by atoms with Gasteiger partial charge < -0.3 is 19.7 Å². The molecule has 1 aromatic carbocycles. The summed E-state index contributed by atoms with van der Waals surface area (Å²) < 4.78 is 25.0. The van der Waals surface area contributed by atoms with E-state index in [0.717, 1.165) is 51.1 Å². The molecule has 1 fully saturated rings. The Kier molecular flexibility index (Phi) is 4.93. The minimum atomic E-state index is -0.184. The first-order valence-corrected chi connectivity index (χ1v) is 7.84. The number of hydrogen-bond acceptors (Lipinski definition) is 4. The molecule has 2 aliphatic rings. The van der Waals surface area contributed by atoms with Gasteiger partial charge in [0, 0.05) is 19.2 Å². The fourth-order valence-electron chi connectivity index (χ4n) is 2.92. The molecule has 1 saturated heterocycles. The zero-order chi connectivity index (χ0) is 14.5. The molecule has 116 valence electrons. The zero-order valence-electron chi connectivity index (χ0n) is 12.4. The van der Waals surface area contributed by atoms with E-state index in [0.29, 0.717) is 24.7 Å². The summed E-state index contributed by atoms with van der Waals surface area (Å²) in [6, 6.07) is 3.26. The Morgan fingerprint density at radius 1 is 1.10 bits per heavy atom. The first-order valence-electron chi connectivity index (χ1n) is 7.84. The number of benzene rings is 1. The van der Waals surface area contributed by atoms with E-state index in [1.807, 2.05) is 0 Å². The maximum Gasteiger partial charge on any atom is 0.164 e. The summed E-state index contributed by atoms with van der Waals surface area (Å²) in [7, 11) is 0. The van der Waals surface area contributed by atoms with Crippen molar-refractivity contribution < 1.29 is 13.9 Å². The number of rotatable bonds is 4. The third-order valence-electron chi connectivity index (χ3n) is 4.06. The van der Waals surface area contributed by atoms with Crippen LogP contribution in [0, 0.1) is 5.82 Å². The van der Waals surface area contributed by atoms with Gasteiger partial charge in [0.05, 0.1) is 0 Å². The molecule has 2 aliphatic heterocycles. The molecule has 0 atom stereocenters. The van der Waals surface area contributed by atoms with Crippen molar-refractivity contribution in [2.75, 3.05) is 45.9 Å². The van der Waals surface area contributed by atoms with Crippen LogP contribution in [0.3, 0.4) is 0 Å². The van der Waals surface area contributed by atoms with E-state index in [1.165, 1.54) is 12.5 Å². The maximum absolute atomic E-state index is 14.0. The molecule has 0 spiro atoms. The predicted octanol–water partition coefficient (Wildman–Crippen LogP) is 1.82. The molecule has 0 saturated carbocycles. The number of nitrogens with zero attached hydrogens (tertiary/aromatic N) is 1. The summed E-state index contributed by atoms with van der Waals surface area (Å²) in [5, 5.41) is 3.40. The Balaban J connectivity index is 1.55. The van der Waals surface area contributed by atoms with Gasteiger partial charge in [-0.25, -0.2) is 4.39 Å². The summed E-state index contributed by atoms with van der Waals surface area (Å²) in [5.41, 5.74) is 0.729. The quantitative estimate of drug-likeness (QED) is 0.918. The van der Waals surface area contributed by atoms with Crippen molar-refractivity contribution in [1.82, 2.24) is 10.2 Å².